The van der Waals surface area contributed by atoms with Crippen molar-refractivity contribution in [1.29, 1.82) is 0 Å². The van der Waals surface area contributed by atoms with Crippen molar-refractivity contribution < 1.29 is 9.53 Å². The van der Waals surface area contributed by atoms with Gasteiger partial charge in [0.05, 0.1) is 5.57 Å². The van der Waals surface area contributed by atoms with Crippen LogP contribution < -0.4 is 0 Å². The second-order valence-corrected chi connectivity index (χ2v) is 5.95. The summed E-state index contributed by atoms with van der Waals surface area (Å²) in [4.78, 5) is 12.2. The van der Waals surface area contributed by atoms with Crippen LogP contribution in [0, 0.1) is 0 Å². The van der Waals surface area contributed by atoms with Crippen molar-refractivity contribution in [3.8, 4) is 0 Å². The molecule has 0 amide bonds. The third-order valence-electron chi connectivity index (χ3n) is 4.00. The lowest BCUT2D eigenvalue weighted by molar-refractivity contribution is -0.130. The molecule has 0 fully saturated rings. The van der Waals surface area contributed by atoms with Gasteiger partial charge in [-0.05, 0) is 34.6 Å². The van der Waals surface area contributed by atoms with Gasteiger partial charge in [0, 0.05) is 10.6 Å². The fourth-order valence-electron chi connectivity index (χ4n) is 2.82. The second kappa shape index (κ2) is 5.99. The van der Waals surface area contributed by atoms with E-state index in [0.29, 0.717) is 16.4 Å². The molecule has 0 atom stereocenters. The highest BCUT2D eigenvalue weighted by molar-refractivity contribution is 6.32. The zero-order valence-corrected chi connectivity index (χ0v) is 13.5. The molecule has 24 heavy (non-hydrogen) atoms. The van der Waals surface area contributed by atoms with Gasteiger partial charge in [-0.2, -0.15) is 0 Å². The lowest BCUT2D eigenvalue weighted by Gasteiger charge is -2.06. The Labute approximate surface area is 144 Å². The number of halogens is 1. The Morgan fingerprint density at radius 3 is 2.50 bits per heavy atom. The number of benzene rings is 3. The normalized spacial score (nSPS) is 15.6. The molecule has 3 heteroatoms. The van der Waals surface area contributed by atoms with Crippen molar-refractivity contribution in [1.82, 2.24) is 0 Å². The molecule has 0 saturated carbocycles. The summed E-state index contributed by atoms with van der Waals surface area (Å²) in [5, 5.41) is 2.76. The molecule has 1 aliphatic rings. The topological polar surface area (TPSA) is 26.3 Å². The molecule has 0 spiro atoms. The summed E-state index contributed by atoms with van der Waals surface area (Å²) in [6.07, 6.45) is 3.52. The lowest BCUT2D eigenvalue weighted by atomic mass is 10.0. The molecular weight excluding hydrogens is 320 g/mol. The highest BCUT2D eigenvalue weighted by Gasteiger charge is 2.23. The maximum absolute atomic E-state index is 12.2. The molecular formula is C21H13ClO2. The van der Waals surface area contributed by atoms with E-state index < -0.39 is 0 Å². The highest BCUT2D eigenvalue weighted by atomic mass is 35.5. The molecule has 0 unspecified atom stereocenters. The molecule has 0 bridgehead atoms. The van der Waals surface area contributed by atoms with E-state index in [2.05, 4.69) is 0 Å². The summed E-state index contributed by atoms with van der Waals surface area (Å²) in [5.74, 6) is 0.202. The Bertz CT molecular complexity index is 1010. The Kier molecular flexibility index (Phi) is 3.68. The van der Waals surface area contributed by atoms with Crippen LogP contribution in [-0.2, 0) is 9.53 Å². The SMILES string of the molecule is O=C1OC(c2cccc3ccccc23)=C/C1=C/c1ccccc1Cl. The van der Waals surface area contributed by atoms with Gasteiger partial charge in [0.1, 0.15) is 5.76 Å². The molecule has 1 heterocycles. The van der Waals surface area contributed by atoms with E-state index in [9.17, 15) is 4.79 Å². The number of fused-ring (bicyclic) bond motifs is 1. The number of hydrogen-bond acceptors (Lipinski definition) is 2. The van der Waals surface area contributed by atoms with E-state index in [4.69, 9.17) is 16.3 Å². The van der Waals surface area contributed by atoms with E-state index in [1.807, 2.05) is 60.7 Å². The van der Waals surface area contributed by atoms with Gasteiger partial charge in [-0.1, -0.05) is 72.3 Å². The van der Waals surface area contributed by atoms with Gasteiger partial charge in [0.2, 0.25) is 0 Å². The van der Waals surface area contributed by atoms with E-state index in [1.54, 1.807) is 18.2 Å². The summed E-state index contributed by atoms with van der Waals surface area (Å²) < 4.78 is 5.49. The van der Waals surface area contributed by atoms with Gasteiger partial charge in [0.25, 0.3) is 0 Å². The van der Waals surface area contributed by atoms with Crippen LogP contribution in [0.5, 0.6) is 0 Å². The van der Waals surface area contributed by atoms with Crippen LogP contribution in [-0.4, -0.2) is 5.97 Å². The van der Waals surface area contributed by atoms with Gasteiger partial charge in [-0.15, -0.1) is 0 Å². The van der Waals surface area contributed by atoms with Crippen molar-refractivity contribution in [2.75, 3.05) is 0 Å². The number of ether oxygens (including phenoxy) is 1. The van der Waals surface area contributed by atoms with E-state index in [0.717, 1.165) is 21.9 Å². The van der Waals surface area contributed by atoms with Crippen LogP contribution >= 0.6 is 11.6 Å². The zero-order valence-electron chi connectivity index (χ0n) is 12.7. The van der Waals surface area contributed by atoms with Crippen molar-refractivity contribution >= 4 is 40.2 Å². The van der Waals surface area contributed by atoms with E-state index in [1.165, 1.54) is 0 Å². The first-order valence-corrected chi connectivity index (χ1v) is 7.98. The van der Waals surface area contributed by atoms with Gasteiger partial charge in [-0.3, -0.25) is 0 Å². The number of carbonyl (C=O) groups is 1. The first-order valence-electron chi connectivity index (χ1n) is 7.60. The van der Waals surface area contributed by atoms with E-state index in [-0.39, 0.29) is 5.97 Å². The third-order valence-corrected chi connectivity index (χ3v) is 4.34. The Hall–Kier alpha value is -2.84. The fraction of sp³-hybridized carbons (Fsp3) is 0. The Balaban J connectivity index is 1.80. The monoisotopic (exact) mass is 332 g/mol. The Morgan fingerprint density at radius 2 is 1.62 bits per heavy atom. The molecule has 0 aliphatic carbocycles. The van der Waals surface area contributed by atoms with Gasteiger partial charge in [-0.25, -0.2) is 4.79 Å². The van der Waals surface area contributed by atoms with E-state index >= 15 is 0 Å². The summed E-state index contributed by atoms with van der Waals surface area (Å²) >= 11 is 6.16. The molecule has 1 aliphatic heterocycles. The number of rotatable bonds is 2. The number of esters is 1. The second-order valence-electron chi connectivity index (χ2n) is 5.55. The average Bonchev–Trinajstić information content (AvgIpc) is 2.97. The highest BCUT2D eigenvalue weighted by Crippen LogP contribution is 2.32. The number of hydrogen-bond donors (Lipinski definition) is 0. The Morgan fingerprint density at radius 1 is 0.875 bits per heavy atom. The zero-order chi connectivity index (χ0) is 16.5. The summed E-state index contributed by atoms with van der Waals surface area (Å²) in [6.45, 7) is 0. The molecule has 2 nitrogen and oxygen atoms in total. The van der Waals surface area contributed by atoms with Gasteiger partial charge >= 0.3 is 5.97 Å². The van der Waals surface area contributed by atoms with Crippen LogP contribution in [0.4, 0.5) is 0 Å². The summed E-state index contributed by atoms with van der Waals surface area (Å²) in [7, 11) is 0. The fourth-order valence-corrected chi connectivity index (χ4v) is 3.01. The molecule has 0 saturated heterocycles. The van der Waals surface area contributed by atoms with Crippen LogP contribution in [0.1, 0.15) is 11.1 Å². The number of carbonyl (C=O) groups excluding carboxylic acids is 1. The van der Waals surface area contributed by atoms with Crippen LogP contribution in [0.15, 0.2) is 78.4 Å². The predicted octanol–water partition coefficient (Wildman–Crippen LogP) is 5.47. The average molecular weight is 333 g/mol. The minimum atomic E-state index is -0.363. The molecule has 0 N–H and O–H groups in total. The molecule has 3 aromatic carbocycles. The number of cyclic esters (lactones) is 1. The van der Waals surface area contributed by atoms with Crippen molar-refractivity contribution in [2.45, 2.75) is 0 Å². The third kappa shape index (κ3) is 2.61. The van der Waals surface area contributed by atoms with Gasteiger partial charge in [0.15, 0.2) is 0 Å². The lowest BCUT2D eigenvalue weighted by Crippen LogP contribution is -1.97. The minimum absolute atomic E-state index is 0.363. The maximum atomic E-state index is 12.2. The van der Waals surface area contributed by atoms with Crippen molar-refractivity contribution in [3.63, 3.8) is 0 Å². The molecule has 116 valence electrons. The largest absolute Gasteiger partial charge is 0.422 e. The van der Waals surface area contributed by atoms with Crippen molar-refractivity contribution in [3.05, 3.63) is 94.5 Å². The molecule has 3 aromatic rings. The summed E-state index contributed by atoms with van der Waals surface area (Å²) in [6, 6.07) is 21.4. The molecule has 0 radical (unpaired) electrons. The first-order chi connectivity index (χ1) is 11.7. The minimum Gasteiger partial charge on any atom is -0.422 e. The summed E-state index contributed by atoms with van der Waals surface area (Å²) in [5.41, 5.74) is 2.19. The predicted molar refractivity (Wildman–Crippen MR) is 97.4 cm³/mol. The van der Waals surface area contributed by atoms with Crippen LogP contribution in [0.2, 0.25) is 5.02 Å². The van der Waals surface area contributed by atoms with Crippen LogP contribution in [0.25, 0.3) is 22.6 Å². The smallest absolute Gasteiger partial charge is 0.343 e. The van der Waals surface area contributed by atoms with Crippen molar-refractivity contribution in [2.24, 2.45) is 0 Å². The maximum Gasteiger partial charge on any atom is 0.343 e. The van der Waals surface area contributed by atoms with Crippen LogP contribution in [0.3, 0.4) is 0 Å². The standard InChI is InChI=1S/C21H13ClO2/c22-19-11-4-2-7-15(19)12-16-13-20(24-21(16)23)18-10-5-8-14-6-1-3-9-17(14)18/h1-13H/b16-12-. The van der Waals surface area contributed by atoms with Gasteiger partial charge < -0.3 is 4.74 Å². The first kappa shape index (κ1) is 14.7. The molecule has 0 aromatic heterocycles. The quantitative estimate of drug-likeness (QED) is 0.459. The molecule has 4 rings (SSSR count).